The SMILES string of the molecule is O=[N+]([O-])c1ccc(Sc2ccc(N3C(=S)N[C@H](c4ccccn4)[C@H]3c3ccc(-c4ccc(F)cc4Br)o3)cc2)cc1. The molecule has 0 aliphatic carbocycles. The van der Waals surface area contributed by atoms with Gasteiger partial charge in [-0.05, 0) is 107 Å². The zero-order valence-electron chi connectivity index (χ0n) is 21.1. The van der Waals surface area contributed by atoms with E-state index < -0.39 is 4.92 Å². The predicted molar refractivity (Wildman–Crippen MR) is 163 cm³/mol. The second-order valence-corrected chi connectivity index (χ2v) is 11.6. The number of anilines is 1. The zero-order chi connectivity index (χ0) is 28.5. The summed E-state index contributed by atoms with van der Waals surface area (Å²) >= 11 is 10.8. The molecule has 3 aromatic carbocycles. The summed E-state index contributed by atoms with van der Waals surface area (Å²) < 4.78 is 20.7. The van der Waals surface area contributed by atoms with Crippen LogP contribution in [0.3, 0.4) is 0 Å². The molecule has 1 N–H and O–H groups in total. The van der Waals surface area contributed by atoms with Crippen molar-refractivity contribution in [2.24, 2.45) is 0 Å². The Labute approximate surface area is 252 Å². The minimum atomic E-state index is -0.411. The molecule has 0 amide bonds. The number of rotatable bonds is 7. The first-order valence-corrected chi connectivity index (χ1v) is 14.5. The molecule has 7 nitrogen and oxygen atoms in total. The Bertz CT molecular complexity index is 1730. The van der Waals surface area contributed by atoms with Gasteiger partial charge < -0.3 is 14.6 Å². The molecule has 0 spiro atoms. The van der Waals surface area contributed by atoms with Crippen LogP contribution in [0.1, 0.15) is 23.5 Å². The predicted octanol–water partition coefficient (Wildman–Crippen LogP) is 8.48. The number of nitrogens with one attached hydrogen (secondary N) is 1. The van der Waals surface area contributed by atoms with Crippen LogP contribution in [-0.2, 0) is 0 Å². The van der Waals surface area contributed by atoms with Gasteiger partial charge in [-0.15, -0.1) is 0 Å². The zero-order valence-corrected chi connectivity index (χ0v) is 24.3. The lowest BCUT2D eigenvalue weighted by atomic mass is 10.0. The standard InChI is InChI=1S/C30H20BrFN4O3S2/c31-24-17-18(32)4-13-23(24)26-14-15-27(39-26)29-28(25-3-1-2-16-33-25)34-30(40)35(29)19-5-9-21(10-6-19)41-22-11-7-20(8-12-22)36(37)38/h1-17,28-29H,(H,34,40)/t28-,29-/m1/s1. The molecule has 0 unspecified atom stereocenters. The van der Waals surface area contributed by atoms with Crippen LogP contribution in [0, 0.1) is 15.9 Å². The molecule has 1 fully saturated rings. The Morgan fingerprint density at radius 2 is 1.73 bits per heavy atom. The molecule has 2 aromatic heterocycles. The molecular formula is C30H20BrFN4O3S2. The summed E-state index contributed by atoms with van der Waals surface area (Å²) in [6.45, 7) is 0. The van der Waals surface area contributed by atoms with Gasteiger partial charge in [-0.1, -0.05) is 17.8 Å². The molecule has 0 saturated carbocycles. The molecule has 5 aromatic rings. The number of non-ortho nitro benzene ring substituents is 1. The normalized spacial score (nSPS) is 16.5. The number of nitro groups is 1. The molecule has 3 heterocycles. The van der Waals surface area contributed by atoms with Crippen molar-refractivity contribution < 1.29 is 13.7 Å². The number of hydrogen-bond donors (Lipinski definition) is 1. The summed E-state index contributed by atoms with van der Waals surface area (Å²) in [5, 5.41) is 14.9. The number of furan rings is 1. The van der Waals surface area contributed by atoms with Gasteiger partial charge in [-0.2, -0.15) is 0 Å². The molecule has 0 radical (unpaired) electrons. The van der Waals surface area contributed by atoms with Gasteiger partial charge in [0, 0.05) is 43.8 Å². The van der Waals surface area contributed by atoms with E-state index in [1.165, 1.54) is 36.0 Å². The van der Waals surface area contributed by atoms with E-state index in [4.69, 9.17) is 16.6 Å². The number of aromatic nitrogens is 1. The quantitative estimate of drug-likeness (QED) is 0.107. The van der Waals surface area contributed by atoms with Gasteiger partial charge in [0.2, 0.25) is 0 Å². The van der Waals surface area contributed by atoms with E-state index in [0.29, 0.717) is 21.1 Å². The lowest BCUT2D eigenvalue weighted by Gasteiger charge is -2.26. The summed E-state index contributed by atoms with van der Waals surface area (Å²) in [5.74, 6) is 0.928. The highest BCUT2D eigenvalue weighted by Gasteiger charge is 2.42. The van der Waals surface area contributed by atoms with Crippen molar-refractivity contribution in [2.75, 3.05) is 4.90 Å². The summed E-state index contributed by atoms with van der Waals surface area (Å²) in [4.78, 5) is 19.0. The van der Waals surface area contributed by atoms with Gasteiger partial charge in [0.25, 0.3) is 5.69 Å². The fraction of sp³-hybridized carbons (Fsp3) is 0.0667. The van der Waals surface area contributed by atoms with E-state index in [-0.39, 0.29) is 23.6 Å². The highest BCUT2D eigenvalue weighted by molar-refractivity contribution is 9.10. The highest BCUT2D eigenvalue weighted by atomic mass is 79.9. The van der Waals surface area contributed by atoms with Crippen LogP contribution in [0.5, 0.6) is 0 Å². The van der Waals surface area contributed by atoms with Crippen LogP contribution in [0.15, 0.2) is 122 Å². The summed E-state index contributed by atoms with van der Waals surface area (Å²) in [6, 6.07) is 27.8. The van der Waals surface area contributed by atoms with Crippen molar-refractivity contribution in [1.29, 1.82) is 0 Å². The molecule has 204 valence electrons. The van der Waals surface area contributed by atoms with Gasteiger partial charge in [-0.25, -0.2) is 4.39 Å². The summed E-state index contributed by atoms with van der Waals surface area (Å²) in [6.07, 6.45) is 1.74. The largest absolute Gasteiger partial charge is 0.459 e. The van der Waals surface area contributed by atoms with Crippen LogP contribution < -0.4 is 10.2 Å². The molecule has 6 rings (SSSR count). The minimum absolute atomic E-state index is 0.0566. The van der Waals surface area contributed by atoms with Crippen LogP contribution in [0.4, 0.5) is 15.8 Å². The van der Waals surface area contributed by atoms with Crippen molar-refractivity contribution in [3.05, 3.63) is 135 Å². The van der Waals surface area contributed by atoms with E-state index in [1.807, 2.05) is 59.5 Å². The van der Waals surface area contributed by atoms with Gasteiger partial charge in [0.15, 0.2) is 5.11 Å². The minimum Gasteiger partial charge on any atom is -0.459 e. The number of hydrogen-bond acceptors (Lipinski definition) is 6. The van der Waals surface area contributed by atoms with Crippen molar-refractivity contribution in [2.45, 2.75) is 21.9 Å². The van der Waals surface area contributed by atoms with Crippen LogP contribution in [0.2, 0.25) is 0 Å². The van der Waals surface area contributed by atoms with Gasteiger partial charge in [0.1, 0.15) is 23.4 Å². The van der Waals surface area contributed by atoms with E-state index in [0.717, 1.165) is 26.7 Å². The third kappa shape index (κ3) is 5.61. The van der Waals surface area contributed by atoms with Crippen LogP contribution in [0.25, 0.3) is 11.3 Å². The number of nitrogens with zero attached hydrogens (tertiary/aromatic N) is 3. The van der Waals surface area contributed by atoms with Crippen molar-refractivity contribution in [3.63, 3.8) is 0 Å². The Kier molecular flexibility index (Phi) is 7.57. The molecule has 0 bridgehead atoms. The lowest BCUT2D eigenvalue weighted by Crippen LogP contribution is -2.29. The van der Waals surface area contributed by atoms with Gasteiger partial charge >= 0.3 is 0 Å². The van der Waals surface area contributed by atoms with Crippen molar-refractivity contribution in [1.82, 2.24) is 10.3 Å². The van der Waals surface area contributed by atoms with E-state index >= 15 is 0 Å². The summed E-state index contributed by atoms with van der Waals surface area (Å²) in [5.41, 5.74) is 2.47. The maximum Gasteiger partial charge on any atom is 0.269 e. The molecule has 1 aliphatic heterocycles. The topological polar surface area (TPSA) is 84.4 Å². The van der Waals surface area contributed by atoms with Crippen LogP contribution >= 0.6 is 39.9 Å². The Hall–Kier alpha value is -4.06. The molecule has 11 heteroatoms. The molecule has 1 saturated heterocycles. The maximum atomic E-state index is 13.7. The first-order valence-electron chi connectivity index (χ1n) is 12.5. The van der Waals surface area contributed by atoms with Crippen molar-refractivity contribution >= 4 is 56.4 Å². The third-order valence-electron chi connectivity index (χ3n) is 6.61. The number of halogens is 2. The molecular weight excluding hydrogens is 627 g/mol. The fourth-order valence-corrected chi connectivity index (χ4v) is 6.42. The smallest absolute Gasteiger partial charge is 0.269 e. The molecule has 41 heavy (non-hydrogen) atoms. The van der Waals surface area contributed by atoms with Gasteiger partial charge in [-0.3, -0.25) is 15.1 Å². The van der Waals surface area contributed by atoms with E-state index in [1.54, 1.807) is 24.4 Å². The Balaban J connectivity index is 1.33. The Morgan fingerprint density at radius 1 is 1.00 bits per heavy atom. The van der Waals surface area contributed by atoms with E-state index in [2.05, 4.69) is 26.2 Å². The Morgan fingerprint density at radius 3 is 2.39 bits per heavy atom. The van der Waals surface area contributed by atoms with Gasteiger partial charge in [0.05, 0.1) is 16.7 Å². The first-order chi connectivity index (χ1) is 19.9. The number of pyridine rings is 1. The fourth-order valence-electron chi connectivity index (χ4n) is 4.71. The molecule has 2 atom stereocenters. The maximum absolute atomic E-state index is 13.7. The number of benzene rings is 3. The average molecular weight is 648 g/mol. The second kappa shape index (κ2) is 11.4. The van der Waals surface area contributed by atoms with Crippen LogP contribution in [-0.4, -0.2) is 15.0 Å². The van der Waals surface area contributed by atoms with Crippen molar-refractivity contribution in [3.8, 4) is 11.3 Å². The van der Waals surface area contributed by atoms with E-state index in [9.17, 15) is 14.5 Å². The third-order valence-corrected chi connectivity index (χ3v) is 8.60. The number of nitro benzene ring substituents is 1. The second-order valence-electron chi connectivity index (χ2n) is 9.17. The monoisotopic (exact) mass is 646 g/mol. The average Bonchev–Trinajstić information content (AvgIpc) is 3.59. The highest BCUT2D eigenvalue weighted by Crippen LogP contribution is 2.44. The summed E-state index contributed by atoms with van der Waals surface area (Å²) in [7, 11) is 0. The number of thiocarbonyl (C=S) groups is 1. The lowest BCUT2D eigenvalue weighted by molar-refractivity contribution is -0.384. The first kappa shape index (κ1) is 27.1. The molecule has 1 aliphatic rings.